The van der Waals surface area contributed by atoms with Crippen molar-refractivity contribution >= 4 is 43.2 Å². The lowest BCUT2D eigenvalue weighted by atomic mass is 9.70. The molecule has 4 heterocycles. The summed E-state index contributed by atoms with van der Waals surface area (Å²) in [5.74, 6) is 1.96. The van der Waals surface area contributed by atoms with Gasteiger partial charge in [0.25, 0.3) is 0 Å². The summed E-state index contributed by atoms with van der Waals surface area (Å²) in [5.41, 5.74) is 3.03. The number of anilines is 1. The van der Waals surface area contributed by atoms with Crippen molar-refractivity contribution in [1.82, 2.24) is 24.4 Å². The number of benzene rings is 1. The fourth-order valence-electron chi connectivity index (χ4n) is 4.84. The van der Waals surface area contributed by atoms with Gasteiger partial charge in [0.05, 0.1) is 5.41 Å². The van der Waals surface area contributed by atoms with E-state index in [1.54, 1.807) is 12.4 Å². The highest BCUT2D eigenvalue weighted by Crippen LogP contribution is 2.44. The maximum absolute atomic E-state index is 4.84. The topological polar surface area (TPSA) is 58.9 Å². The van der Waals surface area contributed by atoms with E-state index in [4.69, 9.17) is 4.98 Å². The molecule has 2 aliphatic heterocycles. The highest BCUT2D eigenvalue weighted by molar-refractivity contribution is 5.86. The third-order valence-corrected chi connectivity index (χ3v) is 6.29. The second-order valence-corrected chi connectivity index (χ2v) is 7.77. The Morgan fingerprint density at radius 3 is 2.39 bits per heavy atom. The van der Waals surface area contributed by atoms with Crippen LogP contribution >= 0.6 is 37.2 Å². The van der Waals surface area contributed by atoms with Gasteiger partial charge >= 0.3 is 0 Å². The lowest BCUT2D eigenvalue weighted by Gasteiger charge is -2.42. The van der Waals surface area contributed by atoms with Gasteiger partial charge < -0.3 is 14.8 Å². The van der Waals surface area contributed by atoms with Gasteiger partial charge in [-0.15, -0.1) is 37.2 Å². The van der Waals surface area contributed by atoms with E-state index in [-0.39, 0.29) is 42.6 Å². The van der Waals surface area contributed by atoms with Gasteiger partial charge in [0, 0.05) is 44.4 Å². The maximum Gasteiger partial charge on any atom is 0.222 e. The SMILES string of the molecule is Cl.Cl.Cl.c1cnc(NCCN2CCC3(CC2)c2ccccc2CCn2ccnc23)nc1. The Hall–Kier alpha value is -1.86. The Bertz CT molecular complexity index is 941. The molecule has 1 spiro atoms. The van der Waals surface area contributed by atoms with Crippen LogP contribution in [0.15, 0.2) is 55.1 Å². The highest BCUT2D eigenvalue weighted by atomic mass is 35.5. The number of rotatable bonds is 4. The molecule has 3 aromatic rings. The number of hydrogen-bond donors (Lipinski definition) is 1. The van der Waals surface area contributed by atoms with Crippen molar-refractivity contribution in [3.63, 3.8) is 0 Å². The van der Waals surface area contributed by atoms with Crippen LogP contribution in [0, 0.1) is 0 Å². The van der Waals surface area contributed by atoms with E-state index in [1.807, 2.05) is 12.3 Å². The Kier molecular flexibility index (Phi) is 9.13. The quantitative estimate of drug-likeness (QED) is 0.608. The first-order valence-corrected chi connectivity index (χ1v) is 10.2. The van der Waals surface area contributed by atoms with Crippen LogP contribution < -0.4 is 5.32 Å². The van der Waals surface area contributed by atoms with E-state index in [9.17, 15) is 0 Å². The standard InChI is InChI=1S/C22H26N6.3ClH/c1-2-5-19-18(4-1)6-13-28-17-12-23-20(28)22(19)7-14-27(15-8-22)16-11-26-21-24-9-3-10-25-21;;;/h1-5,9-10,12,17H,6-8,11,13-16H2,(H,24,25,26);3*1H. The summed E-state index contributed by atoms with van der Waals surface area (Å²) in [6.45, 7) is 5.06. The van der Waals surface area contributed by atoms with Crippen molar-refractivity contribution in [2.75, 3.05) is 31.5 Å². The molecule has 0 bridgehead atoms. The van der Waals surface area contributed by atoms with Gasteiger partial charge in [-0.1, -0.05) is 24.3 Å². The summed E-state index contributed by atoms with van der Waals surface area (Å²) in [6.07, 6.45) is 11.0. The molecule has 0 radical (unpaired) electrons. The van der Waals surface area contributed by atoms with Crippen LogP contribution in [0.25, 0.3) is 0 Å². The lowest BCUT2D eigenvalue weighted by molar-refractivity contribution is 0.178. The first-order valence-electron chi connectivity index (χ1n) is 10.2. The van der Waals surface area contributed by atoms with Crippen LogP contribution in [0.3, 0.4) is 0 Å². The molecule has 1 saturated heterocycles. The van der Waals surface area contributed by atoms with Gasteiger partial charge in [0.1, 0.15) is 5.82 Å². The van der Waals surface area contributed by atoms with Crippen LogP contribution in [0.5, 0.6) is 0 Å². The minimum absolute atomic E-state index is 0. The number of hydrogen-bond acceptors (Lipinski definition) is 5. The molecule has 0 atom stereocenters. The fraction of sp³-hybridized carbons (Fsp3) is 0.409. The van der Waals surface area contributed by atoms with Crippen LogP contribution in [0.2, 0.25) is 0 Å². The van der Waals surface area contributed by atoms with Crippen molar-refractivity contribution < 1.29 is 0 Å². The second-order valence-electron chi connectivity index (χ2n) is 7.77. The van der Waals surface area contributed by atoms with Crippen molar-refractivity contribution in [2.24, 2.45) is 0 Å². The molecule has 0 unspecified atom stereocenters. The fourth-order valence-corrected chi connectivity index (χ4v) is 4.84. The zero-order chi connectivity index (χ0) is 18.8. The van der Waals surface area contributed by atoms with E-state index in [2.05, 4.69) is 55.2 Å². The first kappa shape index (κ1) is 25.4. The average molecular weight is 484 g/mol. The number of aromatic nitrogens is 4. The molecule has 1 fully saturated rings. The average Bonchev–Trinajstić information content (AvgIpc) is 3.19. The summed E-state index contributed by atoms with van der Waals surface area (Å²) < 4.78 is 2.38. The summed E-state index contributed by atoms with van der Waals surface area (Å²) in [7, 11) is 0. The third-order valence-electron chi connectivity index (χ3n) is 6.29. The molecule has 31 heavy (non-hydrogen) atoms. The molecule has 168 valence electrons. The van der Waals surface area contributed by atoms with Crippen LogP contribution in [-0.2, 0) is 18.4 Å². The number of piperidine rings is 1. The predicted molar refractivity (Wildman–Crippen MR) is 131 cm³/mol. The third kappa shape index (κ3) is 4.98. The van der Waals surface area contributed by atoms with Gasteiger partial charge in [-0.25, -0.2) is 15.0 Å². The Balaban J connectivity index is 0.00000114. The van der Waals surface area contributed by atoms with E-state index < -0.39 is 0 Å². The molecule has 6 nitrogen and oxygen atoms in total. The van der Waals surface area contributed by atoms with E-state index in [0.29, 0.717) is 5.95 Å². The largest absolute Gasteiger partial charge is 0.353 e. The zero-order valence-electron chi connectivity index (χ0n) is 17.3. The van der Waals surface area contributed by atoms with Crippen molar-refractivity contribution in [2.45, 2.75) is 31.2 Å². The Morgan fingerprint density at radius 1 is 0.871 bits per heavy atom. The monoisotopic (exact) mass is 482 g/mol. The molecule has 1 aromatic carbocycles. The second kappa shape index (κ2) is 11.1. The number of likely N-dealkylation sites (tertiary alicyclic amines) is 1. The number of aryl methyl sites for hydroxylation is 2. The van der Waals surface area contributed by atoms with Gasteiger partial charge in [-0.05, 0) is 49.5 Å². The van der Waals surface area contributed by atoms with E-state index in [1.165, 1.54) is 17.0 Å². The van der Waals surface area contributed by atoms with Crippen LogP contribution in [0.1, 0.15) is 29.8 Å². The summed E-state index contributed by atoms with van der Waals surface area (Å²) in [5, 5.41) is 3.32. The van der Waals surface area contributed by atoms with Gasteiger partial charge in [-0.3, -0.25) is 0 Å². The summed E-state index contributed by atoms with van der Waals surface area (Å²) in [4.78, 5) is 15.8. The number of nitrogens with zero attached hydrogens (tertiary/aromatic N) is 5. The van der Waals surface area contributed by atoms with E-state index in [0.717, 1.165) is 52.0 Å². The molecule has 0 saturated carbocycles. The lowest BCUT2D eigenvalue weighted by Crippen LogP contribution is -2.45. The normalized spacial score (nSPS) is 16.5. The molecule has 2 aromatic heterocycles. The minimum atomic E-state index is 0. The number of imidazole rings is 1. The van der Waals surface area contributed by atoms with Gasteiger partial charge in [-0.2, -0.15) is 0 Å². The van der Waals surface area contributed by atoms with Crippen molar-refractivity contribution in [3.8, 4) is 0 Å². The minimum Gasteiger partial charge on any atom is -0.353 e. The molecule has 5 rings (SSSR count). The maximum atomic E-state index is 4.84. The van der Waals surface area contributed by atoms with Crippen LogP contribution in [-0.4, -0.2) is 50.6 Å². The number of fused-ring (bicyclic) bond motifs is 4. The number of halogens is 3. The summed E-state index contributed by atoms with van der Waals surface area (Å²) in [6, 6.07) is 10.8. The molecule has 2 aliphatic rings. The van der Waals surface area contributed by atoms with Gasteiger partial charge in [0.15, 0.2) is 0 Å². The molecule has 9 heteroatoms. The molecular formula is C22H29Cl3N6. The first-order chi connectivity index (χ1) is 13.9. The predicted octanol–water partition coefficient (Wildman–Crippen LogP) is 3.99. The summed E-state index contributed by atoms with van der Waals surface area (Å²) >= 11 is 0. The molecular weight excluding hydrogens is 455 g/mol. The molecule has 1 N–H and O–H groups in total. The van der Waals surface area contributed by atoms with Gasteiger partial charge in [0.2, 0.25) is 5.95 Å². The van der Waals surface area contributed by atoms with Crippen LogP contribution in [0.4, 0.5) is 5.95 Å². The van der Waals surface area contributed by atoms with E-state index >= 15 is 0 Å². The smallest absolute Gasteiger partial charge is 0.222 e. The Morgan fingerprint density at radius 2 is 1.61 bits per heavy atom. The highest BCUT2D eigenvalue weighted by Gasteiger charge is 2.43. The number of nitrogens with one attached hydrogen (secondary N) is 1. The van der Waals surface area contributed by atoms with Crippen molar-refractivity contribution in [1.29, 1.82) is 0 Å². The molecule has 0 amide bonds. The zero-order valence-corrected chi connectivity index (χ0v) is 19.8. The Labute approximate surface area is 202 Å². The van der Waals surface area contributed by atoms with Crippen molar-refractivity contribution in [3.05, 3.63) is 72.1 Å². The molecule has 0 aliphatic carbocycles.